The van der Waals surface area contributed by atoms with Crippen LogP contribution in [0.3, 0.4) is 0 Å². The van der Waals surface area contributed by atoms with Crippen LogP contribution in [0.5, 0.6) is 0 Å². The fourth-order valence-corrected chi connectivity index (χ4v) is 2.64. The first-order chi connectivity index (χ1) is 9.42. The third kappa shape index (κ3) is 1.68. The summed E-state index contributed by atoms with van der Waals surface area (Å²) in [5.41, 5.74) is 1.07. The summed E-state index contributed by atoms with van der Waals surface area (Å²) < 4.78 is 5.55. The summed E-state index contributed by atoms with van der Waals surface area (Å²) in [6, 6.07) is 19.2. The van der Waals surface area contributed by atoms with Crippen molar-refractivity contribution in [2.75, 3.05) is 13.2 Å². The Kier molecular flexibility index (Phi) is 2.27. The molecule has 1 aliphatic heterocycles. The molecule has 0 saturated heterocycles. The number of aliphatic imine (C=N–C) groups is 1. The van der Waals surface area contributed by atoms with Gasteiger partial charge in [0.15, 0.2) is 0 Å². The Labute approximate surface area is 111 Å². The molecule has 2 nitrogen and oxygen atoms in total. The first-order valence-electron chi connectivity index (χ1n) is 6.51. The van der Waals surface area contributed by atoms with Crippen LogP contribution in [0, 0.1) is 0 Å². The van der Waals surface area contributed by atoms with E-state index >= 15 is 0 Å². The highest BCUT2D eigenvalue weighted by atomic mass is 16.5. The molecule has 1 heterocycles. The molecule has 1 aliphatic rings. The first kappa shape index (κ1) is 10.6. The molecule has 0 aliphatic carbocycles. The number of fused-ring (bicyclic) bond motifs is 3. The molecular formula is C17H13NO. The lowest BCUT2D eigenvalue weighted by atomic mass is 10.00. The highest BCUT2D eigenvalue weighted by molar-refractivity contribution is 6.10. The molecule has 4 rings (SSSR count). The molecule has 0 spiro atoms. The van der Waals surface area contributed by atoms with Crippen LogP contribution < -0.4 is 0 Å². The number of hydrogen-bond donors (Lipinski definition) is 0. The predicted octanol–water partition coefficient (Wildman–Crippen LogP) is 3.77. The Morgan fingerprint density at radius 3 is 2.47 bits per heavy atom. The summed E-state index contributed by atoms with van der Waals surface area (Å²) in [6.45, 7) is 1.46. The maximum Gasteiger partial charge on any atom is 0.216 e. The van der Waals surface area contributed by atoms with Gasteiger partial charge < -0.3 is 4.74 Å². The van der Waals surface area contributed by atoms with Crippen LogP contribution >= 0.6 is 0 Å². The van der Waals surface area contributed by atoms with Gasteiger partial charge in [-0.05, 0) is 33.7 Å². The van der Waals surface area contributed by atoms with E-state index in [1.807, 2.05) is 0 Å². The number of hydrogen-bond acceptors (Lipinski definition) is 2. The largest absolute Gasteiger partial charge is 0.476 e. The molecular weight excluding hydrogens is 234 g/mol. The zero-order chi connectivity index (χ0) is 12.7. The maximum atomic E-state index is 5.55. The minimum Gasteiger partial charge on any atom is -0.476 e. The number of ether oxygens (including phenoxy) is 1. The van der Waals surface area contributed by atoms with E-state index < -0.39 is 0 Å². The standard InChI is InChI=1S/C17H13NO/c1-2-4-15-12(3-1)5-6-13-7-8-14(11-16(13)15)17-18-9-10-19-17/h1-8,11H,9-10H2. The Balaban J connectivity index is 2.02. The highest BCUT2D eigenvalue weighted by Crippen LogP contribution is 2.26. The molecule has 0 unspecified atom stereocenters. The van der Waals surface area contributed by atoms with Gasteiger partial charge >= 0.3 is 0 Å². The second-order valence-electron chi connectivity index (χ2n) is 4.76. The third-order valence-electron chi connectivity index (χ3n) is 3.58. The van der Waals surface area contributed by atoms with Crippen LogP contribution in [0.25, 0.3) is 21.5 Å². The minimum absolute atomic E-state index is 0.697. The van der Waals surface area contributed by atoms with Gasteiger partial charge in [-0.15, -0.1) is 0 Å². The molecule has 0 saturated carbocycles. The quantitative estimate of drug-likeness (QED) is 0.600. The summed E-state index contributed by atoms with van der Waals surface area (Å²) >= 11 is 0. The molecule has 0 N–H and O–H groups in total. The van der Waals surface area contributed by atoms with Crippen LogP contribution in [-0.4, -0.2) is 19.0 Å². The van der Waals surface area contributed by atoms with Crippen LogP contribution in [0.2, 0.25) is 0 Å². The van der Waals surface area contributed by atoms with Gasteiger partial charge in [0, 0.05) is 5.56 Å². The van der Waals surface area contributed by atoms with Gasteiger partial charge in [-0.3, -0.25) is 0 Å². The van der Waals surface area contributed by atoms with E-state index in [1.165, 1.54) is 21.5 Å². The lowest BCUT2D eigenvalue weighted by molar-refractivity contribution is 0.348. The molecule has 0 atom stereocenters. The van der Waals surface area contributed by atoms with Crippen molar-refractivity contribution in [3.8, 4) is 0 Å². The van der Waals surface area contributed by atoms with Crippen LogP contribution in [0.1, 0.15) is 5.56 Å². The average Bonchev–Trinajstić information content (AvgIpc) is 3.01. The van der Waals surface area contributed by atoms with Gasteiger partial charge in [-0.2, -0.15) is 0 Å². The number of rotatable bonds is 1. The van der Waals surface area contributed by atoms with Gasteiger partial charge in [-0.25, -0.2) is 4.99 Å². The Hall–Kier alpha value is -2.35. The Morgan fingerprint density at radius 2 is 1.63 bits per heavy atom. The van der Waals surface area contributed by atoms with Gasteiger partial charge in [0.1, 0.15) is 6.61 Å². The molecule has 0 aromatic heterocycles. The predicted molar refractivity (Wildman–Crippen MR) is 78.8 cm³/mol. The normalized spacial score (nSPS) is 14.6. The minimum atomic E-state index is 0.697. The van der Waals surface area contributed by atoms with Crippen molar-refractivity contribution in [3.63, 3.8) is 0 Å². The second kappa shape index (κ2) is 4.09. The molecule has 2 heteroatoms. The van der Waals surface area contributed by atoms with Crippen molar-refractivity contribution in [2.45, 2.75) is 0 Å². The molecule has 0 fully saturated rings. The number of benzene rings is 3. The van der Waals surface area contributed by atoms with Crippen molar-refractivity contribution in [1.82, 2.24) is 0 Å². The smallest absolute Gasteiger partial charge is 0.216 e. The second-order valence-corrected chi connectivity index (χ2v) is 4.76. The molecule has 3 aromatic carbocycles. The topological polar surface area (TPSA) is 21.6 Å². The van der Waals surface area contributed by atoms with Crippen molar-refractivity contribution in [2.24, 2.45) is 4.99 Å². The van der Waals surface area contributed by atoms with Gasteiger partial charge in [0.25, 0.3) is 0 Å². The Morgan fingerprint density at radius 1 is 0.842 bits per heavy atom. The van der Waals surface area contributed by atoms with E-state index in [4.69, 9.17) is 4.74 Å². The zero-order valence-corrected chi connectivity index (χ0v) is 10.5. The average molecular weight is 247 g/mol. The summed E-state index contributed by atoms with van der Waals surface area (Å²) in [7, 11) is 0. The highest BCUT2D eigenvalue weighted by Gasteiger charge is 2.11. The van der Waals surface area contributed by atoms with Gasteiger partial charge in [0.05, 0.1) is 6.54 Å². The van der Waals surface area contributed by atoms with Crippen molar-refractivity contribution in [1.29, 1.82) is 0 Å². The van der Waals surface area contributed by atoms with Gasteiger partial charge in [-0.1, -0.05) is 42.5 Å². The van der Waals surface area contributed by atoms with E-state index in [9.17, 15) is 0 Å². The lowest BCUT2D eigenvalue weighted by Crippen LogP contribution is -2.00. The molecule has 0 amide bonds. The molecule has 92 valence electrons. The SMILES string of the molecule is c1ccc2c(c1)ccc1ccc(C3=NCCO3)cc12. The van der Waals surface area contributed by atoms with Crippen molar-refractivity contribution < 1.29 is 4.74 Å². The van der Waals surface area contributed by atoms with E-state index in [1.54, 1.807) is 0 Å². The maximum absolute atomic E-state index is 5.55. The van der Waals surface area contributed by atoms with E-state index in [2.05, 4.69) is 59.6 Å². The third-order valence-corrected chi connectivity index (χ3v) is 3.58. The fourth-order valence-electron chi connectivity index (χ4n) is 2.64. The number of nitrogens with zero attached hydrogens (tertiary/aromatic N) is 1. The molecule has 19 heavy (non-hydrogen) atoms. The van der Waals surface area contributed by atoms with E-state index in [-0.39, 0.29) is 0 Å². The van der Waals surface area contributed by atoms with Crippen LogP contribution in [-0.2, 0) is 4.74 Å². The lowest BCUT2D eigenvalue weighted by Gasteiger charge is -2.07. The van der Waals surface area contributed by atoms with Crippen molar-refractivity contribution in [3.05, 3.63) is 60.2 Å². The summed E-state index contributed by atoms with van der Waals surface area (Å²) in [5, 5.41) is 5.05. The molecule has 0 radical (unpaired) electrons. The van der Waals surface area contributed by atoms with Crippen molar-refractivity contribution >= 4 is 27.4 Å². The van der Waals surface area contributed by atoms with Gasteiger partial charge in [0.2, 0.25) is 5.90 Å². The first-order valence-corrected chi connectivity index (χ1v) is 6.51. The van der Waals surface area contributed by atoms with Crippen LogP contribution in [0.4, 0.5) is 0 Å². The zero-order valence-electron chi connectivity index (χ0n) is 10.5. The van der Waals surface area contributed by atoms with E-state index in [0.29, 0.717) is 6.61 Å². The summed E-state index contributed by atoms with van der Waals surface area (Å²) in [6.07, 6.45) is 0. The van der Waals surface area contributed by atoms with E-state index in [0.717, 1.165) is 18.0 Å². The fraction of sp³-hybridized carbons (Fsp3) is 0.118. The monoisotopic (exact) mass is 247 g/mol. The summed E-state index contributed by atoms with van der Waals surface area (Å²) in [5.74, 6) is 0.773. The van der Waals surface area contributed by atoms with Crippen LogP contribution in [0.15, 0.2) is 59.6 Å². The molecule has 3 aromatic rings. The molecule has 0 bridgehead atoms. The summed E-state index contributed by atoms with van der Waals surface area (Å²) in [4.78, 5) is 4.39. The Bertz CT molecular complexity index is 805.